The summed E-state index contributed by atoms with van der Waals surface area (Å²) in [6, 6.07) is 0. The van der Waals surface area contributed by atoms with Gasteiger partial charge in [0.15, 0.2) is 0 Å². The van der Waals surface area contributed by atoms with Gasteiger partial charge in [0.25, 0.3) is 0 Å². The Hall–Kier alpha value is 2.01. The van der Waals surface area contributed by atoms with Gasteiger partial charge in [-0.25, -0.2) is 0 Å². The van der Waals surface area contributed by atoms with Gasteiger partial charge in [0, 0.05) is 39.3 Å². The monoisotopic (exact) mass is 601 g/mol. The van der Waals surface area contributed by atoms with E-state index in [9.17, 15) is 39.6 Å². The molecule has 10 nitrogen and oxygen atoms in total. The van der Waals surface area contributed by atoms with E-state index in [-0.39, 0.29) is 141 Å². The number of rotatable bonds is 11. The third kappa shape index (κ3) is 28.3. The van der Waals surface area contributed by atoms with E-state index in [1.54, 1.807) is 0 Å². The molecule has 15 heteroatoms. The first kappa shape index (κ1) is 41.4. The normalized spacial score (nSPS) is 8.56. The predicted octanol–water partition coefficient (Wildman–Crippen LogP) is -16.4. The van der Waals surface area contributed by atoms with Crippen LogP contribution in [0.2, 0.25) is 0 Å². The van der Waals surface area contributed by atoms with Crippen molar-refractivity contribution in [1.29, 1.82) is 0 Å². The minimum Gasteiger partial charge on any atom is -0.549 e. The van der Waals surface area contributed by atoms with Gasteiger partial charge in [0.2, 0.25) is 0 Å². The summed E-state index contributed by atoms with van der Waals surface area (Å²) in [5, 5.41) is 41.6. The van der Waals surface area contributed by atoms with Gasteiger partial charge in [-0.1, -0.05) is 0 Å². The molecule has 0 aromatic rings. The second-order valence-electron chi connectivity index (χ2n) is 3.91. The zero-order valence-corrected chi connectivity index (χ0v) is 25.0. The molecule has 0 aromatic carbocycles. The van der Waals surface area contributed by atoms with Crippen molar-refractivity contribution in [3.63, 3.8) is 0 Å². The second kappa shape index (κ2) is 24.1. The fourth-order valence-corrected chi connectivity index (χ4v) is 1.44. The molecule has 0 unspecified atom stereocenters. The van der Waals surface area contributed by atoms with E-state index >= 15 is 0 Å². The third-order valence-electron chi connectivity index (χ3n) is 2.14. The van der Waals surface area contributed by atoms with Crippen molar-refractivity contribution >= 4 is 63.6 Å². The molecular weight excluding hydrogens is 588 g/mol. The fourth-order valence-electron chi connectivity index (χ4n) is 1.44. The van der Waals surface area contributed by atoms with E-state index in [1.807, 2.05) is 0 Å². The molecule has 0 amide bonds. The van der Waals surface area contributed by atoms with Crippen molar-refractivity contribution in [3.8, 4) is 0 Å². The molecule has 2 radical (unpaired) electrons. The van der Waals surface area contributed by atoms with E-state index in [1.165, 1.54) is 0 Å². The molecule has 25 heavy (non-hydrogen) atoms. The van der Waals surface area contributed by atoms with Crippen LogP contribution < -0.4 is 109 Å². The number of carboxylic acid groups (broad SMARTS) is 4. The predicted molar refractivity (Wildman–Crippen MR) is 65.9 cm³/mol. The number of hydrogen-bond donors (Lipinski definition) is 0. The molecule has 0 N–H and O–H groups in total. The molecular formula is C10H13ClN2Na3O8Pb+. The number of carbonyl (C=O) groups is 4. The largest absolute Gasteiger partial charge is 2.00 e. The molecule has 0 rings (SSSR count). The van der Waals surface area contributed by atoms with Gasteiger partial charge in [-0.05, 0) is 0 Å². The van der Waals surface area contributed by atoms with E-state index in [0.717, 1.165) is 9.80 Å². The summed E-state index contributed by atoms with van der Waals surface area (Å²) >= 11 is 0. The Bertz CT molecular complexity index is 340. The van der Waals surface area contributed by atoms with Crippen LogP contribution in [0.5, 0.6) is 0 Å². The molecule has 0 spiro atoms. The van der Waals surface area contributed by atoms with Crippen molar-refractivity contribution in [3.05, 3.63) is 0 Å². The zero-order chi connectivity index (χ0) is 15.7. The van der Waals surface area contributed by atoms with Gasteiger partial charge in [0.05, 0.1) is 23.9 Å². The first-order valence-electron chi connectivity index (χ1n) is 5.44. The van der Waals surface area contributed by atoms with Crippen molar-refractivity contribution in [2.45, 2.75) is 0 Å². The van der Waals surface area contributed by atoms with Gasteiger partial charge in [-0.2, -0.15) is 0 Å². The summed E-state index contributed by atoms with van der Waals surface area (Å²) in [4.78, 5) is 43.4. The Kier molecular flexibility index (Phi) is 39.8. The second-order valence-corrected chi connectivity index (χ2v) is 3.91. The van der Waals surface area contributed by atoms with Crippen LogP contribution >= 0.6 is 12.4 Å². The van der Waals surface area contributed by atoms with Crippen molar-refractivity contribution in [2.75, 3.05) is 39.3 Å². The first-order chi connectivity index (χ1) is 9.20. The molecule has 0 saturated carbocycles. The van der Waals surface area contributed by atoms with Crippen molar-refractivity contribution in [2.24, 2.45) is 0 Å². The molecule has 0 aliphatic rings. The van der Waals surface area contributed by atoms with Gasteiger partial charge in [-0.15, -0.1) is 12.4 Å². The average molecular weight is 601 g/mol. The topological polar surface area (TPSA) is 167 Å². The van der Waals surface area contributed by atoms with Crippen LogP contribution in [-0.2, 0) is 19.2 Å². The molecule has 0 fully saturated rings. The van der Waals surface area contributed by atoms with E-state index in [0.29, 0.717) is 0 Å². The Labute approximate surface area is 237 Å². The molecule has 0 atom stereocenters. The van der Waals surface area contributed by atoms with E-state index in [4.69, 9.17) is 0 Å². The maximum absolute atomic E-state index is 10.4. The van der Waals surface area contributed by atoms with Crippen LogP contribution in [0.25, 0.3) is 0 Å². The summed E-state index contributed by atoms with van der Waals surface area (Å²) in [7, 11) is 0. The van der Waals surface area contributed by atoms with Crippen LogP contribution in [0.4, 0.5) is 0 Å². The minimum absolute atomic E-state index is 0. The van der Waals surface area contributed by atoms with Crippen LogP contribution in [-0.4, -0.2) is 100 Å². The Morgan fingerprint density at radius 3 is 0.840 bits per heavy atom. The molecule has 0 aliphatic heterocycles. The van der Waals surface area contributed by atoms with Gasteiger partial charge >= 0.3 is 116 Å². The maximum atomic E-state index is 10.4. The number of halogens is 1. The van der Waals surface area contributed by atoms with Gasteiger partial charge in [0.1, 0.15) is 0 Å². The molecule has 0 aliphatic carbocycles. The molecule has 0 heterocycles. The summed E-state index contributed by atoms with van der Waals surface area (Å²) in [6.07, 6.45) is 0. The summed E-state index contributed by atoms with van der Waals surface area (Å²) in [6.45, 7) is -3.25. The number of nitrogens with zero attached hydrogens (tertiary/aromatic N) is 2. The fraction of sp³-hybridized carbons (Fsp3) is 0.600. The SMILES string of the molecule is Cl.O=C([O-])CN(CCN(CC(=O)[O-])CC(=O)[O-])CC(=O)[O-].[Na+].[Na+].[Na+].[Pb+2]. The maximum Gasteiger partial charge on any atom is 2.00 e. The van der Waals surface area contributed by atoms with E-state index in [2.05, 4.69) is 0 Å². The Morgan fingerprint density at radius 1 is 0.560 bits per heavy atom. The Balaban J connectivity index is -0.000000180. The van der Waals surface area contributed by atoms with Crippen molar-refractivity contribution in [1.82, 2.24) is 9.80 Å². The zero-order valence-electron chi connectivity index (χ0n) is 14.3. The standard InChI is InChI=1S/C10H16N2O8.ClH.3Na.Pb/c13-7(14)3-11(4-8(15)16)1-2-12(5-9(17)18)6-10(19)20;;;;;/h1-6H2,(H,13,14)(H,15,16)(H,17,18)(H,19,20);1H;;;;/q;;3*+1;+2/p-4. The van der Waals surface area contributed by atoms with Crippen LogP contribution in [0, 0.1) is 0 Å². The molecule has 0 bridgehead atoms. The molecule has 0 aromatic heterocycles. The summed E-state index contributed by atoms with van der Waals surface area (Å²) in [5.41, 5.74) is 0. The smallest absolute Gasteiger partial charge is 0.549 e. The first-order valence-corrected chi connectivity index (χ1v) is 5.44. The van der Waals surface area contributed by atoms with Crippen LogP contribution in [0.3, 0.4) is 0 Å². The molecule has 0 saturated heterocycles. The minimum atomic E-state index is -1.53. The van der Waals surface area contributed by atoms with Crippen LogP contribution in [0.1, 0.15) is 0 Å². The summed E-state index contributed by atoms with van der Waals surface area (Å²) in [5.74, 6) is -6.12. The molecule has 124 valence electrons. The van der Waals surface area contributed by atoms with Crippen molar-refractivity contribution < 1.29 is 128 Å². The van der Waals surface area contributed by atoms with Gasteiger partial charge < -0.3 is 39.6 Å². The summed E-state index contributed by atoms with van der Waals surface area (Å²) < 4.78 is 0. The van der Waals surface area contributed by atoms with Crippen LogP contribution in [0.15, 0.2) is 0 Å². The van der Waals surface area contributed by atoms with E-state index < -0.39 is 50.1 Å². The third-order valence-corrected chi connectivity index (χ3v) is 2.14. The number of carboxylic acids is 4. The average Bonchev–Trinajstić information content (AvgIpc) is 2.22. The number of aliphatic carboxylic acids is 4. The quantitative estimate of drug-likeness (QED) is 0.208. The van der Waals surface area contributed by atoms with Gasteiger partial charge in [-0.3, -0.25) is 9.80 Å². The number of hydrogen-bond acceptors (Lipinski definition) is 10. The Morgan fingerprint density at radius 2 is 0.720 bits per heavy atom. The number of carbonyl (C=O) groups excluding carboxylic acids is 4.